The largest absolute Gasteiger partial charge is 0.280 e. The highest BCUT2D eigenvalue weighted by molar-refractivity contribution is 7.93. The summed E-state index contributed by atoms with van der Waals surface area (Å²) in [5.41, 5.74) is 0.323. The molecule has 30 heavy (non-hydrogen) atoms. The van der Waals surface area contributed by atoms with Gasteiger partial charge in [0.1, 0.15) is 4.90 Å². The minimum atomic E-state index is -4.03. The molecule has 0 amide bonds. The Morgan fingerprint density at radius 1 is 0.567 bits per heavy atom. The lowest BCUT2D eigenvalue weighted by molar-refractivity contribution is 0.600. The average molecular weight is 526 g/mol. The second kappa shape index (κ2) is 8.82. The quantitative estimate of drug-likeness (QED) is 0.419. The Balaban J connectivity index is 1.82. The van der Waals surface area contributed by atoms with Crippen molar-refractivity contribution in [3.8, 4) is 0 Å². The number of rotatable bonds is 6. The summed E-state index contributed by atoms with van der Waals surface area (Å²) in [6.07, 6.45) is 0. The van der Waals surface area contributed by atoms with Crippen LogP contribution in [0.1, 0.15) is 0 Å². The van der Waals surface area contributed by atoms with Gasteiger partial charge in [0, 0.05) is 20.8 Å². The molecule has 0 fully saturated rings. The monoisotopic (exact) mass is 524 g/mol. The van der Waals surface area contributed by atoms with E-state index in [4.69, 9.17) is 46.4 Å². The van der Waals surface area contributed by atoms with Gasteiger partial charge in [-0.05, 0) is 60.7 Å². The Kier molecular flexibility index (Phi) is 6.76. The minimum Gasteiger partial charge on any atom is -0.280 e. The summed E-state index contributed by atoms with van der Waals surface area (Å²) in [5, 5.41) is 0.734. The molecule has 3 aromatic rings. The summed E-state index contributed by atoms with van der Waals surface area (Å²) in [4.78, 5) is -0.296. The highest BCUT2D eigenvalue weighted by Gasteiger charge is 2.20. The Bertz CT molecular complexity index is 1290. The molecule has 0 heterocycles. The third kappa shape index (κ3) is 5.51. The Morgan fingerprint density at radius 2 is 1.13 bits per heavy atom. The van der Waals surface area contributed by atoms with Crippen molar-refractivity contribution in [1.82, 2.24) is 0 Å². The van der Waals surface area contributed by atoms with Gasteiger partial charge in [0.15, 0.2) is 0 Å². The molecule has 0 radical (unpaired) electrons. The van der Waals surface area contributed by atoms with Crippen molar-refractivity contribution in [3.05, 3.63) is 80.8 Å². The molecule has 0 aliphatic heterocycles. The van der Waals surface area contributed by atoms with Crippen LogP contribution in [-0.2, 0) is 20.0 Å². The predicted octanol–water partition coefficient (Wildman–Crippen LogP) is 5.90. The van der Waals surface area contributed by atoms with Crippen LogP contribution in [0.25, 0.3) is 0 Å². The number of halogens is 4. The van der Waals surface area contributed by atoms with Crippen molar-refractivity contribution in [1.29, 1.82) is 0 Å². The van der Waals surface area contributed by atoms with Crippen molar-refractivity contribution in [2.75, 3.05) is 9.44 Å². The van der Waals surface area contributed by atoms with Crippen LogP contribution >= 0.6 is 46.4 Å². The van der Waals surface area contributed by atoms with Crippen molar-refractivity contribution in [3.63, 3.8) is 0 Å². The van der Waals surface area contributed by atoms with E-state index in [1.165, 1.54) is 60.7 Å². The lowest BCUT2D eigenvalue weighted by Crippen LogP contribution is -2.15. The van der Waals surface area contributed by atoms with Crippen LogP contribution in [0.2, 0.25) is 20.1 Å². The molecule has 3 aromatic carbocycles. The van der Waals surface area contributed by atoms with Crippen LogP contribution < -0.4 is 9.44 Å². The molecule has 3 rings (SSSR count). The van der Waals surface area contributed by atoms with E-state index in [2.05, 4.69) is 9.44 Å². The molecule has 0 bridgehead atoms. The van der Waals surface area contributed by atoms with Crippen molar-refractivity contribution in [2.24, 2.45) is 0 Å². The lowest BCUT2D eigenvalue weighted by atomic mass is 10.3. The number of hydrogen-bond acceptors (Lipinski definition) is 4. The van der Waals surface area contributed by atoms with E-state index >= 15 is 0 Å². The summed E-state index contributed by atoms with van der Waals surface area (Å²) in [6, 6.07) is 13.4. The zero-order valence-electron chi connectivity index (χ0n) is 14.7. The van der Waals surface area contributed by atoms with Crippen LogP contribution in [0.4, 0.5) is 11.4 Å². The Hall–Kier alpha value is -1.68. The van der Waals surface area contributed by atoms with Gasteiger partial charge in [0.2, 0.25) is 0 Å². The lowest BCUT2D eigenvalue weighted by Gasteiger charge is -2.12. The van der Waals surface area contributed by atoms with Gasteiger partial charge in [-0.1, -0.05) is 46.4 Å². The van der Waals surface area contributed by atoms with Gasteiger partial charge in [-0.2, -0.15) is 0 Å². The number of benzene rings is 3. The molecule has 0 saturated heterocycles. The third-order valence-electron chi connectivity index (χ3n) is 3.71. The molecule has 0 aliphatic rings. The molecule has 0 aliphatic carbocycles. The standard InChI is InChI=1S/C18H12Cl4N2O4S2/c19-11-1-6-17(22)18(10-11)30(27,28)23-14-2-4-16(5-3-14)29(25,26)24-15-8-12(20)7-13(21)9-15/h1-10,23-24H. The van der Waals surface area contributed by atoms with Crippen LogP contribution in [0.3, 0.4) is 0 Å². The first-order valence-corrected chi connectivity index (χ1v) is 12.5. The summed E-state index contributed by atoms with van der Waals surface area (Å²) in [7, 11) is -7.99. The normalized spacial score (nSPS) is 11.9. The number of hydrogen-bond donors (Lipinski definition) is 2. The zero-order chi connectivity index (χ0) is 22.1. The molecule has 158 valence electrons. The van der Waals surface area contributed by atoms with E-state index in [-0.39, 0.29) is 41.3 Å². The topological polar surface area (TPSA) is 92.3 Å². The summed E-state index contributed by atoms with van der Waals surface area (Å²) in [6.45, 7) is 0. The first-order valence-electron chi connectivity index (χ1n) is 8.03. The maximum atomic E-state index is 12.6. The summed E-state index contributed by atoms with van der Waals surface area (Å²) < 4.78 is 54.9. The molecule has 0 spiro atoms. The Morgan fingerprint density at radius 3 is 1.73 bits per heavy atom. The smallest absolute Gasteiger partial charge is 0.263 e. The number of nitrogens with one attached hydrogen (secondary N) is 2. The minimum absolute atomic E-state index is 0.00418. The third-order valence-corrected chi connectivity index (χ3v) is 7.65. The molecule has 2 N–H and O–H groups in total. The van der Waals surface area contributed by atoms with Gasteiger partial charge < -0.3 is 0 Å². The second-order valence-corrected chi connectivity index (χ2v) is 11.0. The van der Waals surface area contributed by atoms with Gasteiger partial charge >= 0.3 is 0 Å². The van der Waals surface area contributed by atoms with Crippen LogP contribution in [0.5, 0.6) is 0 Å². The number of sulfonamides is 2. The molecule has 0 atom stereocenters. The summed E-state index contributed by atoms with van der Waals surface area (Å²) in [5.74, 6) is 0. The van der Waals surface area contributed by atoms with Crippen LogP contribution in [0, 0.1) is 0 Å². The SMILES string of the molecule is O=S(=O)(Nc1cc(Cl)cc(Cl)c1)c1ccc(NS(=O)(=O)c2cc(Cl)ccc2Cl)cc1. The molecule has 0 aromatic heterocycles. The fraction of sp³-hybridized carbons (Fsp3) is 0. The van der Waals surface area contributed by atoms with Gasteiger partial charge in [0.05, 0.1) is 15.6 Å². The van der Waals surface area contributed by atoms with E-state index in [0.29, 0.717) is 0 Å². The van der Waals surface area contributed by atoms with E-state index < -0.39 is 20.0 Å². The van der Waals surface area contributed by atoms with E-state index in [1.807, 2.05) is 0 Å². The first-order chi connectivity index (χ1) is 14.0. The van der Waals surface area contributed by atoms with Crippen molar-refractivity contribution >= 4 is 77.8 Å². The van der Waals surface area contributed by atoms with Gasteiger partial charge in [-0.3, -0.25) is 9.44 Å². The Labute approximate surface area is 193 Å². The maximum Gasteiger partial charge on any atom is 0.263 e. The average Bonchev–Trinajstić information content (AvgIpc) is 2.62. The number of anilines is 2. The summed E-state index contributed by atoms with van der Waals surface area (Å²) >= 11 is 23.5. The molecular weight excluding hydrogens is 514 g/mol. The highest BCUT2D eigenvalue weighted by Crippen LogP contribution is 2.28. The molecule has 0 unspecified atom stereocenters. The van der Waals surface area contributed by atoms with Crippen molar-refractivity contribution in [2.45, 2.75) is 9.79 Å². The zero-order valence-corrected chi connectivity index (χ0v) is 19.4. The van der Waals surface area contributed by atoms with Crippen LogP contribution in [0.15, 0.2) is 70.5 Å². The first kappa shape index (κ1) is 23.0. The second-order valence-electron chi connectivity index (χ2n) is 5.97. The fourth-order valence-corrected chi connectivity index (χ4v) is 5.81. The van der Waals surface area contributed by atoms with Crippen LogP contribution in [-0.4, -0.2) is 16.8 Å². The van der Waals surface area contributed by atoms with E-state index in [0.717, 1.165) is 0 Å². The predicted molar refractivity (Wildman–Crippen MR) is 121 cm³/mol. The van der Waals surface area contributed by atoms with Gasteiger partial charge in [0.25, 0.3) is 20.0 Å². The molecule has 6 nitrogen and oxygen atoms in total. The molecule has 0 saturated carbocycles. The van der Waals surface area contributed by atoms with E-state index in [1.54, 1.807) is 0 Å². The van der Waals surface area contributed by atoms with Gasteiger partial charge in [-0.15, -0.1) is 0 Å². The highest BCUT2D eigenvalue weighted by atomic mass is 35.5. The molecular formula is C18H12Cl4N2O4S2. The maximum absolute atomic E-state index is 12.6. The molecule has 12 heteroatoms. The van der Waals surface area contributed by atoms with Gasteiger partial charge in [-0.25, -0.2) is 16.8 Å². The van der Waals surface area contributed by atoms with Crippen molar-refractivity contribution < 1.29 is 16.8 Å². The fourth-order valence-electron chi connectivity index (χ4n) is 2.42. The van der Waals surface area contributed by atoms with E-state index in [9.17, 15) is 16.8 Å².